The topological polar surface area (TPSA) is 24.9 Å². The molecule has 0 radical (unpaired) electrons. The van der Waals surface area contributed by atoms with Crippen LogP contribution in [0.15, 0.2) is 5.38 Å². The van der Waals surface area contributed by atoms with E-state index in [4.69, 9.17) is 0 Å². The average molecular weight is 240 g/mol. The first-order chi connectivity index (χ1) is 7.40. The third-order valence-corrected chi connectivity index (χ3v) is 3.43. The summed E-state index contributed by atoms with van der Waals surface area (Å²) in [4.78, 5) is 4.54. The maximum absolute atomic E-state index is 4.54. The number of aryl methyl sites for hydroxylation is 1. The molecule has 1 N–H and O–H groups in total. The molecular formula is C13H24N2S. The third kappa shape index (κ3) is 5.08. The first-order valence-corrected chi connectivity index (χ1v) is 6.93. The van der Waals surface area contributed by atoms with Crippen LogP contribution < -0.4 is 5.32 Å². The van der Waals surface area contributed by atoms with E-state index in [1.165, 1.54) is 11.4 Å². The standard InChI is InChI=1S/C13H24N2S/c1-6-14-11(8-13(3,4)5)7-12-15-10(2)9-16-12/h9,11,14H,6-8H2,1-5H3. The lowest BCUT2D eigenvalue weighted by Gasteiger charge is -2.26. The van der Waals surface area contributed by atoms with E-state index in [1.54, 1.807) is 11.3 Å². The van der Waals surface area contributed by atoms with Gasteiger partial charge in [-0.25, -0.2) is 4.98 Å². The van der Waals surface area contributed by atoms with Crippen molar-refractivity contribution in [1.29, 1.82) is 0 Å². The van der Waals surface area contributed by atoms with Crippen LogP contribution in [0.1, 0.15) is 44.8 Å². The van der Waals surface area contributed by atoms with Crippen molar-refractivity contribution in [2.75, 3.05) is 6.54 Å². The molecule has 1 aromatic heterocycles. The van der Waals surface area contributed by atoms with E-state index in [0.717, 1.165) is 18.7 Å². The van der Waals surface area contributed by atoms with Crippen LogP contribution in [0.25, 0.3) is 0 Å². The fraction of sp³-hybridized carbons (Fsp3) is 0.769. The van der Waals surface area contributed by atoms with Crippen molar-refractivity contribution in [3.05, 3.63) is 16.1 Å². The molecular weight excluding hydrogens is 216 g/mol. The van der Waals surface area contributed by atoms with Gasteiger partial charge in [0.15, 0.2) is 0 Å². The first kappa shape index (κ1) is 13.7. The van der Waals surface area contributed by atoms with Crippen LogP contribution in [-0.4, -0.2) is 17.6 Å². The number of likely N-dealkylation sites (N-methyl/N-ethyl adjacent to an activating group) is 1. The zero-order valence-electron chi connectivity index (χ0n) is 11.1. The van der Waals surface area contributed by atoms with Gasteiger partial charge in [-0.15, -0.1) is 11.3 Å². The smallest absolute Gasteiger partial charge is 0.0943 e. The minimum absolute atomic E-state index is 0.374. The molecule has 0 spiro atoms. The van der Waals surface area contributed by atoms with E-state index < -0.39 is 0 Å². The number of thiazole rings is 1. The number of hydrogen-bond donors (Lipinski definition) is 1. The van der Waals surface area contributed by atoms with E-state index in [0.29, 0.717) is 11.5 Å². The Hall–Kier alpha value is -0.410. The Morgan fingerprint density at radius 3 is 2.56 bits per heavy atom. The van der Waals surface area contributed by atoms with Crippen molar-refractivity contribution in [3.8, 4) is 0 Å². The lowest BCUT2D eigenvalue weighted by molar-refractivity contribution is 0.309. The Balaban J connectivity index is 2.57. The van der Waals surface area contributed by atoms with E-state index in [-0.39, 0.29) is 0 Å². The molecule has 0 aliphatic heterocycles. The molecule has 0 amide bonds. The first-order valence-electron chi connectivity index (χ1n) is 6.05. The van der Waals surface area contributed by atoms with Crippen LogP contribution in [-0.2, 0) is 6.42 Å². The summed E-state index contributed by atoms with van der Waals surface area (Å²) in [6, 6.07) is 0.551. The summed E-state index contributed by atoms with van der Waals surface area (Å²) in [6.07, 6.45) is 2.25. The molecule has 16 heavy (non-hydrogen) atoms. The molecule has 0 bridgehead atoms. The van der Waals surface area contributed by atoms with Crippen LogP contribution in [0.4, 0.5) is 0 Å². The zero-order chi connectivity index (χ0) is 12.2. The molecule has 0 fully saturated rings. The summed E-state index contributed by atoms with van der Waals surface area (Å²) >= 11 is 1.78. The van der Waals surface area contributed by atoms with Gasteiger partial charge in [0.2, 0.25) is 0 Å². The number of nitrogens with one attached hydrogen (secondary N) is 1. The molecule has 1 unspecified atom stereocenters. The van der Waals surface area contributed by atoms with Gasteiger partial charge in [-0.2, -0.15) is 0 Å². The van der Waals surface area contributed by atoms with E-state index >= 15 is 0 Å². The Bertz CT molecular complexity index is 312. The predicted octanol–water partition coefficient (Wildman–Crippen LogP) is 3.41. The highest BCUT2D eigenvalue weighted by Crippen LogP contribution is 2.23. The second-order valence-electron chi connectivity index (χ2n) is 5.61. The molecule has 1 atom stereocenters. The molecule has 0 aliphatic carbocycles. The van der Waals surface area contributed by atoms with Crippen LogP contribution in [0.3, 0.4) is 0 Å². The van der Waals surface area contributed by atoms with Gasteiger partial charge in [0, 0.05) is 23.5 Å². The van der Waals surface area contributed by atoms with Gasteiger partial charge >= 0.3 is 0 Å². The Morgan fingerprint density at radius 2 is 2.12 bits per heavy atom. The van der Waals surface area contributed by atoms with E-state index in [2.05, 4.69) is 50.3 Å². The molecule has 0 saturated carbocycles. The predicted molar refractivity (Wildman–Crippen MR) is 72.1 cm³/mol. The van der Waals surface area contributed by atoms with Gasteiger partial charge in [-0.05, 0) is 25.3 Å². The van der Waals surface area contributed by atoms with Gasteiger partial charge < -0.3 is 5.32 Å². The SMILES string of the molecule is CCNC(Cc1nc(C)cs1)CC(C)(C)C. The van der Waals surface area contributed by atoms with Crippen molar-refractivity contribution in [1.82, 2.24) is 10.3 Å². The molecule has 0 aromatic carbocycles. The van der Waals surface area contributed by atoms with Crippen molar-refractivity contribution < 1.29 is 0 Å². The molecule has 1 rings (SSSR count). The second-order valence-corrected chi connectivity index (χ2v) is 6.55. The van der Waals surface area contributed by atoms with Gasteiger partial charge in [-0.1, -0.05) is 27.7 Å². The maximum Gasteiger partial charge on any atom is 0.0943 e. The van der Waals surface area contributed by atoms with E-state index in [9.17, 15) is 0 Å². The average Bonchev–Trinajstić information content (AvgIpc) is 2.48. The zero-order valence-corrected chi connectivity index (χ0v) is 11.9. The normalized spacial score (nSPS) is 14.1. The summed E-state index contributed by atoms with van der Waals surface area (Å²) < 4.78 is 0. The summed E-state index contributed by atoms with van der Waals surface area (Å²) in [5.74, 6) is 0. The van der Waals surface area contributed by atoms with Gasteiger partial charge in [0.25, 0.3) is 0 Å². The van der Waals surface area contributed by atoms with E-state index in [1.807, 2.05) is 0 Å². The van der Waals surface area contributed by atoms with Gasteiger partial charge in [0.1, 0.15) is 0 Å². The monoisotopic (exact) mass is 240 g/mol. The highest BCUT2D eigenvalue weighted by molar-refractivity contribution is 7.09. The number of hydrogen-bond acceptors (Lipinski definition) is 3. The Kier molecular flexibility index (Phi) is 4.93. The fourth-order valence-electron chi connectivity index (χ4n) is 1.95. The lowest BCUT2D eigenvalue weighted by Crippen LogP contribution is -2.34. The number of aromatic nitrogens is 1. The van der Waals surface area contributed by atoms with Crippen molar-refractivity contribution in [3.63, 3.8) is 0 Å². The second kappa shape index (κ2) is 5.78. The quantitative estimate of drug-likeness (QED) is 0.853. The van der Waals surface area contributed by atoms with Crippen LogP contribution in [0.5, 0.6) is 0 Å². The molecule has 2 nitrogen and oxygen atoms in total. The van der Waals surface area contributed by atoms with Crippen LogP contribution in [0.2, 0.25) is 0 Å². The summed E-state index contributed by atoms with van der Waals surface area (Å²) in [5, 5.41) is 6.96. The van der Waals surface area contributed by atoms with Crippen molar-refractivity contribution in [2.45, 2.75) is 53.5 Å². The van der Waals surface area contributed by atoms with Gasteiger partial charge in [-0.3, -0.25) is 0 Å². The number of rotatable bonds is 5. The van der Waals surface area contributed by atoms with Crippen LogP contribution >= 0.6 is 11.3 Å². The minimum atomic E-state index is 0.374. The summed E-state index contributed by atoms with van der Waals surface area (Å²) in [6.45, 7) is 12.2. The molecule has 3 heteroatoms. The molecule has 0 saturated heterocycles. The van der Waals surface area contributed by atoms with Crippen molar-refractivity contribution in [2.24, 2.45) is 5.41 Å². The molecule has 92 valence electrons. The molecule has 0 aliphatic rings. The Labute approximate surface area is 103 Å². The largest absolute Gasteiger partial charge is 0.314 e. The Morgan fingerprint density at radius 1 is 1.44 bits per heavy atom. The highest BCUT2D eigenvalue weighted by atomic mass is 32.1. The number of nitrogens with zero attached hydrogens (tertiary/aromatic N) is 1. The fourth-order valence-corrected chi connectivity index (χ4v) is 2.81. The van der Waals surface area contributed by atoms with Gasteiger partial charge in [0.05, 0.1) is 5.01 Å². The minimum Gasteiger partial charge on any atom is -0.314 e. The van der Waals surface area contributed by atoms with Crippen LogP contribution in [0, 0.1) is 12.3 Å². The van der Waals surface area contributed by atoms with Crippen molar-refractivity contribution >= 4 is 11.3 Å². The maximum atomic E-state index is 4.54. The lowest BCUT2D eigenvalue weighted by atomic mass is 9.87. The molecule has 1 aromatic rings. The summed E-state index contributed by atoms with van der Waals surface area (Å²) in [7, 11) is 0. The molecule has 1 heterocycles. The summed E-state index contributed by atoms with van der Waals surface area (Å²) in [5.41, 5.74) is 1.52. The highest BCUT2D eigenvalue weighted by Gasteiger charge is 2.19. The third-order valence-electron chi connectivity index (χ3n) is 2.44.